The molecule has 5 nitrogen and oxygen atoms in total. The second-order valence-electron chi connectivity index (χ2n) is 7.56. The number of carbonyl (C=O) groups excluding carboxylic acids is 1. The topological polar surface area (TPSA) is 68.0 Å². The standard InChI is InChI=1S/C21H22FN3O2/c1-11(2)19(14-6-8-15(22)9-7-14)24-20(26)16-10-17(13-4-5-13)23-21-18(16)12(3)25-27-21/h6-11,13,19H,4-5H2,1-3H3,(H,24,26). The summed E-state index contributed by atoms with van der Waals surface area (Å²) in [5.74, 6) is 0.0452. The average Bonchev–Trinajstić information content (AvgIpc) is 3.43. The number of hydrogen-bond acceptors (Lipinski definition) is 4. The van der Waals surface area contributed by atoms with Crippen molar-refractivity contribution >= 4 is 17.0 Å². The average molecular weight is 367 g/mol. The number of benzene rings is 1. The highest BCUT2D eigenvalue weighted by Gasteiger charge is 2.29. The molecule has 140 valence electrons. The van der Waals surface area contributed by atoms with Gasteiger partial charge in [-0.15, -0.1) is 0 Å². The van der Waals surface area contributed by atoms with E-state index in [9.17, 15) is 9.18 Å². The quantitative estimate of drug-likeness (QED) is 0.711. The normalized spacial score (nSPS) is 15.3. The summed E-state index contributed by atoms with van der Waals surface area (Å²) in [4.78, 5) is 17.7. The van der Waals surface area contributed by atoms with Gasteiger partial charge in [-0.05, 0) is 49.4 Å². The number of nitrogens with one attached hydrogen (secondary N) is 1. The Morgan fingerprint density at radius 2 is 1.96 bits per heavy atom. The summed E-state index contributed by atoms with van der Waals surface area (Å²) in [6, 6.07) is 7.88. The van der Waals surface area contributed by atoms with E-state index >= 15 is 0 Å². The van der Waals surface area contributed by atoms with Gasteiger partial charge in [0.2, 0.25) is 0 Å². The third-order valence-electron chi connectivity index (χ3n) is 5.06. The molecule has 27 heavy (non-hydrogen) atoms. The van der Waals surface area contributed by atoms with Gasteiger partial charge < -0.3 is 9.84 Å². The molecule has 1 amide bonds. The predicted molar refractivity (Wildman–Crippen MR) is 100.0 cm³/mol. The van der Waals surface area contributed by atoms with Crippen LogP contribution < -0.4 is 5.32 Å². The number of nitrogens with zero attached hydrogens (tertiary/aromatic N) is 2. The minimum Gasteiger partial charge on any atom is -0.345 e. The Morgan fingerprint density at radius 1 is 1.26 bits per heavy atom. The minimum atomic E-state index is -0.294. The number of amides is 1. The maximum Gasteiger partial charge on any atom is 0.259 e. The van der Waals surface area contributed by atoms with Crippen molar-refractivity contribution in [2.45, 2.75) is 45.6 Å². The summed E-state index contributed by atoms with van der Waals surface area (Å²) in [5, 5.41) is 7.74. The van der Waals surface area contributed by atoms with Gasteiger partial charge in [0, 0.05) is 11.6 Å². The zero-order valence-corrected chi connectivity index (χ0v) is 15.6. The highest BCUT2D eigenvalue weighted by Crippen LogP contribution is 2.40. The number of fused-ring (bicyclic) bond motifs is 1. The first-order valence-corrected chi connectivity index (χ1v) is 9.27. The van der Waals surface area contributed by atoms with E-state index in [1.165, 1.54) is 12.1 Å². The highest BCUT2D eigenvalue weighted by molar-refractivity contribution is 6.06. The summed E-state index contributed by atoms with van der Waals surface area (Å²) in [6.45, 7) is 5.86. The van der Waals surface area contributed by atoms with Crippen molar-refractivity contribution in [1.82, 2.24) is 15.5 Å². The van der Waals surface area contributed by atoms with E-state index in [4.69, 9.17) is 4.52 Å². The fraction of sp³-hybridized carbons (Fsp3) is 0.381. The zero-order chi connectivity index (χ0) is 19.1. The molecule has 1 aromatic carbocycles. The summed E-state index contributed by atoms with van der Waals surface area (Å²) in [7, 11) is 0. The molecule has 0 spiro atoms. The van der Waals surface area contributed by atoms with Gasteiger partial charge in [0.25, 0.3) is 11.6 Å². The van der Waals surface area contributed by atoms with Crippen LogP contribution in [0.4, 0.5) is 4.39 Å². The first-order valence-electron chi connectivity index (χ1n) is 9.27. The Bertz CT molecular complexity index is 991. The number of aromatic nitrogens is 2. The molecule has 1 aliphatic rings. The molecule has 1 aliphatic carbocycles. The number of rotatable bonds is 5. The molecule has 0 aliphatic heterocycles. The summed E-state index contributed by atoms with van der Waals surface area (Å²) >= 11 is 0. The highest BCUT2D eigenvalue weighted by atomic mass is 19.1. The lowest BCUT2D eigenvalue weighted by molar-refractivity contribution is 0.0927. The fourth-order valence-corrected chi connectivity index (χ4v) is 3.41. The van der Waals surface area contributed by atoms with Crippen LogP contribution in [0.2, 0.25) is 0 Å². The van der Waals surface area contributed by atoms with E-state index in [2.05, 4.69) is 15.5 Å². The van der Waals surface area contributed by atoms with Gasteiger partial charge in [-0.1, -0.05) is 31.1 Å². The lowest BCUT2D eigenvalue weighted by Crippen LogP contribution is -2.32. The number of halogens is 1. The van der Waals surface area contributed by atoms with Gasteiger partial charge in [-0.2, -0.15) is 0 Å². The maximum absolute atomic E-state index is 13.3. The molecule has 1 atom stereocenters. The fourth-order valence-electron chi connectivity index (χ4n) is 3.41. The van der Waals surface area contributed by atoms with Crippen molar-refractivity contribution in [3.8, 4) is 0 Å². The summed E-state index contributed by atoms with van der Waals surface area (Å²) < 4.78 is 18.6. The zero-order valence-electron chi connectivity index (χ0n) is 15.6. The molecule has 1 unspecified atom stereocenters. The molecule has 2 aromatic heterocycles. The van der Waals surface area contributed by atoms with Gasteiger partial charge in [0.1, 0.15) is 5.82 Å². The molecule has 0 radical (unpaired) electrons. The Hall–Kier alpha value is -2.76. The van der Waals surface area contributed by atoms with Crippen LogP contribution in [-0.2, 0) is 0 Å². The summed E-state index contributed by atoms with van der Waals surface area (Å²) in [5.41, 5.74) is 3.34. The molecule has 1 fully saturated rings. The smallest absolute Gasteiger partial charge is 0.259 e. The number of carbonyl (C=O) groups is 1. The van der Waals surface area contributed by atoms with E-state index in [1.54, 1.807) is 19.1 Å². The van der Waals surface area contributed by atoms with Crippen LogP contribution in [0, 0.1) is 18.7 Å². The van der Waals surface area contributed by atoms with Crippen LogP contribution in [-0.4, -0.2) is 16.0 Å². The van der Waals surface area contributed by atoms with Crippen LogP contribution in [0.3, 0.4) is 0 Å². The molecular weight excluding hydrogens is 345 g/mol. The first-order chi connectivity index (χ1) is 12.9. The SMILES string of the molecule is Cc1noc2nc(C3CC3)cc(C(=O)NC(c3ccc(F)cc3)C(C)C)c12. The Labute approximate surface area is 157 Å². The van der Waals surface area contributed by atoms with Gasteiger partial charge in [0.05, 0.1) is 22.7 Å². The molecule has 4 rings (SSSR count). The van der Waals surface area contributed by atoms with Gasteiger partial charge in [0.15, 0.2) is 0 Å². The second kappa shape index (κ2) is 6.76. The van der Waals surface area contributed by atoms with Crippen molar-refractivity contribution in [1.29, 1.82) is 0 Å². The number of aryl methyl sites for hydroxylation is 1. The Morgan fingerprint density at radius 3 is 2.59 bits per heavy atom. The van der Waals surface area contributed by atoms with Crippen molar-refractivity contribution in [3.05, 3.63) is 58.7 Å². The van der Waals surface area contributed by atoms with Gasteiger partial charge in [-0.25, -0.2) is 9.37 Å². The van der Waals surface area contributed by atoms with Gasteiger partial charge >= 0.3 is 0 Å². The minimum absolute atomic E-state index is 0.142. The third-order valence-corrected chi connectivity index (χ3v) is 5.06. The molecular formula is C21H22FN3O2. The number of hydrogen-bond donors (Lipinski definition) is 1. The van der Waals surface area contributed by atoms with Crippen LogP contribution in [0.25, 0.3) is 11.1 Å². The van der Waals surface area contributed by atoms with Crippen LogP contribution in [0.15, 0.2) is 34.9 Å². The molecule has 0 bridgehead atoms. The van der Waals surface area contributed by atoms with E-state index in [1.807, 2.05) is 19.9 Å². The van der Waals surface area contributed by atoms with Crippen LogP contribution in [0.5, 0.6) is 0 Å². The van der Waals surface area contributed by atoms with E-state index in [0.717, 1.165) is 24.1 Å². The third kappa shape index (κ3) is 3.44. The Balaban J connectivity index is 1.70. The summed E-state index contributed by atoms with van der Waals surface area (Å²) in [6.07, 6.45) is 2.16. The van der Waals surface area contributed by atoms with Crippen molar-refractivity contribution < 1.29 is 13.7 Å². The van der Waals surface area contributed by atoms with E-state index < -0.39 is 0 Å². The second-order valence-corrected chi connectivity index (χ2v) is 7.56. The monoisotopic (exact) mass is 367 g/mol. The molecule has 3 aromatic rings. The van der Waals surface area contributed by atoms with E-state index in [-0.39, 0.29) is 23.7 Å². The molecule has 6 heteroatoms. The lowest BCUT2D eigenvalue weighted by atomic mass is 9.95. The number of pyridine rings is 1. The van der Waals surface area contributed by atoms with E-state index in [0.29, 0.717) is 28.3 Å². The Kier molecular flexibility index (Phi) is 4.42. The molecule has 1 N–H and O–H groups in total. The van der Waals surface area contributed by atoms with Crippen molar-refractivity contribution in [2.24, 2.45) is 5.92 Å². The molecule has 0 saturated heterocycles. The first kappa shape index (κ1) is 17.6. The molecule has 1 saturated carbocycles. The molecule has 2 heterocycles. The largest absolute Gasteiger partial charge is 0.345 e. The van der Waals surface area contributed by atoms with Crippen molar-refractivity contribution in [2.75, 3.05) is 0 Å². The lowest BCUT2D eigenvalue weighted by Gasteiger charge is -2.23. The van der Waals surface area contributed by atoms with Crippen LogP contribution >= 0.6 is 0 Å². The maximum atomic E-state index is 13.3. The van der Waals surface area contributed by atoms with Crippen LogP contribution in [0.1, 0.15) is 66.0 Å². The van der Waals surface area contributed by atoms with Gasteiger partial charge in [-0.3, -0.25) is 4.79 Å². The predicted octanol–water partition coefficient (Wildman–Crippen LogP) is 4.67. The van der Waals surface area contributed by atoms with Crippen molar-refractivity contribution in [3.63, 3.8) is 0 Å².